The van der Waals surface area contributed by atoms with Gasteiger partial charge in [0.2, 0.25) is 11.7 Å². The van der Waals surface area contributed by atoms with Crippen molar-refractivity contribution >= 4 is 34.8 Å². The molecule has 1 saturated carbocycles. The fourth-order valence-electron chi connectivity index (χ4n) is 6.63. The first-order valence-electron chi connectivity index (χ1n) is 14.4. The molecule has 0 heterocycles. The van der Waals surface area contributed by atoms with Crippen molar-refractivity contribution in [1.82, 2.24) is 10.2 Å². The molecule has 4 atom stereocenters. The number of hydrogen-bond donors (Lipinski definition) is 7. The van der Waals surface area contributed by atoms with Crippen LogP contribution < -0.4 is 21.1 Å². The molecule has 4 rings (SSSR count). The molecule has 13 heteroatoms. The lowest BCUT2D eigenvalue weighted by Crippen LogP contribution is -2.65. The molecule has 3 aliphatic rings. The Bertz CT molecular complexity index is 1420. The average molecular weight is 601 g/mol. The van der Waals surface area contributed by atoms with Crippen LogP contribution in [0.4, 0.5) is 5.69 Å². The topological polar surface area (TPSA) is 212 Å². The number of fused-ring (bicyclic) bond motifs is 3. The van der Waals surface area contributed by atoms with Gasteiger partial charge >= 0.3 is 0 Å². The summed E-state index contributed by atoms with van der Waals surface area (Å²) in [4.78, 5) is 53.4. The molecule has 3 aliphatic carbocycles. The highest BCUT2D eigenvalue weighted by Crippen LogP contribution is 2.54. The minimum absolute atomic E-state index is 0.0212. The number of hydrogen-bond acceptors (Lipinski definition) is 11. The smallest absolute Gasteiger partial charge is 0.255 e. The van der Waals surface area contributed by atoms with Crippen molar-refractivity contribution in [2.45, 2.75) is 57.1 Å². The fraction of sp³-hybridized carbons (Fsp3) is 0.533. The third kappa shape index (κ3) is 5.36. The molecular weight excluding hydrogens is 560 g/mol. The number of nitrogens with one attached hydrogen (secondary N) is 2. The number of primary amides is 1. The number of phenols is 1. The second-order valence-electron chi connectivity index (χ2n) is 11.6. The number of Topliss-reactive ketones (excluding diaryl/α,β-unsaturated/α-hetero) is 2. The number of unbranched alkanes of at least 4 members (excludes halogenated alkanes) is 3. The SMILES string of the molecule is CCCCCCNCC(=O)Nc1cc(OC)c2c(c1O)C(O)=C1C(=O)[C@]3(O)C(O)=C(C(N)=O)C(=O)[C@@H](N(C)C)[C@@H]3C[C@@H]1C2. The third-order valence-corrected chi connectivity index (χ3v) is 8.67. The number of phenolic OH excluding ortho intramolecular Hbond substituents is 1. The Balaban J connectivity index is 1.74. The molecule has 1 aromatic carbocycles. The number of rotatable bonds is 11. The quantitative estimate of drug-likeness (QED) is 0.108. The van der Waals surface area contributed by atoms with E-state index in [2.05, 4.69) is 17.6 Å². The standard InChI is InChI=1S/C30H40N4O9/c1-5-6-7-8-9-32-13-19(35)33-17-12-18(43-4)15-10-14-11-16-23(34(2)3)26(38)22(29(31)41)28(40)30(16,42)27(39)20(14)25(37)21(15)24(17)36/h12,14,16,23,32,36-37,40,42H,5-11,13H2,1-4H3,(H2,31,41)(H,33,35)/t14-,16-,23-,30-/m0/s1. The monoisotopic (exact) mass is 600 g/mol. The lowest BCUT2D eigenvalue weighted by molar-refractivity contribution is -0.153. The van der Waals surface area contributed by atoms with Crippen molar-refractivity contribution in [3.63, 3.8) is 0 Å². The first-order chi connectivity index (χ1) is 20.3. The summed E-state index contributed by atoms with van der Waals surface area (Å²) >= 11 is 0. The van der Waals surface area contributed by atoms with Crippen LogP contribution in [-0.2, 0) is 25.6 Å². The highest BCUT2D eigenvalue weighted by atomic mass is 16.5. The van der Waals surface area contributed by atoms with E-state index in [0.717, 1.165) is 25.7 Å². The van der Waals surface area contributed by atoms with Crippen LogP contribution in [0.25, 0.3) is 5.76 Å². The van der Waals surface area contributed by atoms with Crippen LogP contribution in [0, 0.1) is 11.8 Å². The molecule has 2 amide bonds. The Kier molecular flexibility index (Phi) is 9.19. The van der Waals surface area contributed by atoms with E-state index in [4.69, 9.17) is 10.5 Å². The predicted octanol–water partition coefficient (Wildman–Crippen LogP) is 1.08. The van der Waals surface area contributed by atoms with Crippen LogP contribution in [0.1, 0.15) is 50.2 Å². The van der Waals surface area contributed by atoms with E-state index in [-0.39, 0.29) is 42.0 Å². The number of ether oxygens (including phenoxy) is 1. The van der Waals surface area contributed by atoms with Gasteiger partial charge in [0, 0.05) is 23.1 Å². The molecule has 0 aliphatic heterocycles. The lowest BCUT2D eigenvalue weighted by Gasteiger charge is -2.50. The lowest BCUT2D eigenvalue weighted by atomic mass is 9.57. The predicted molar refractivity (Wildman–Crippen MR) is 156 cm³/mol. The van der Waals surface area contributed by atoms with Gasteiger partial charge in [0.15, 0.2) is 17.1 Å². The number of anilines is 1. The minimum atomic E-state index is -2.74. The van der Waals surface area contributed by atoms with Crippen molar-refractivity contribution in [3.8, 4) is 11.5 Å². The van der Waals surface area contributed by atoms with E-state index < -0.39 is 69.7 Å². The zero-order valence-corrected chi connectivity index (χ0v) is 24.8. The van der Waals surface area contributed by atoms with E-state index in [1.54, 1.807) is 0 Å². The number of aromatic hydroxyl groups is 1. The van der Waals surface area contributed by atoms with Gasteiger partial charge in [-0.3, -0.25) is 24.1 Å². The van der Waals surface area contributed by atoms with Crippen molar-refractivity contribution < 1.29 is 44.3 Å². The number of benzene rings is 1. The van der Waals surface area contributed by atoms with E-state index >= 15 is 0 Å². The van der Waals surface area contributed by atoms with E-state index in [0.29, 0.717) is 12.1 Å². The summed E-state index contributed by atoms with van der Waals surface area (Å²) in [5.74, 6) is -7.73. The third-order valence-electron chi connectivity index (χ3n) is 8.67. The first-order valence-corrected chi connectivity index (χ1v) is 14.4. The fourth-order valence-corrected chi connectivity index (χ4v) is 6.63. The van der Waals surface area contributed by atoms with Crippen molar-refractivity contribution in [2.75, 3.05) is 39.6 Å². The summed E-state index contributed by atoms with van der Waals surface area (Å²) in [6, 6.07) is 0.248. The van der Waals surface area contributed by atoms with Gasteiger partial charge in [-0.25, -0.2) is 0 Å². The van der Waals surface area contributed by atoms with Crippen LogP contribution in [0.5, 0.6) is 11.5 Å². The Morgan fingerprint density at radius 2 is 1.86 bits per heavy atom. The normalized spacial score (nSPS) is 24.9. The number of carbonyl (C=O) groups is 4. The Labute approximate surface area is 249 Å². The maximum atomic E-state index is 14.0. The summed E-state index contributed by atoms with van der Waals surface area (Å²) in [5.41, 5.74) is 1.58. The zero-order valence-electron chi connectivity index (χ0n) is 24.8. The number of nitrogens with zero attached hydrogens (tertiary/aromatic N) is 1. The molecule has 234 valence electrons. The Morgan fingerprint density at radius 1 is 1.16 bits per heavy atom. The number of aliphatic hydroxyl groups excluding tert-OH is 2. The number of ketones is 2. The second-order valence-corrected chi connectivity index (χ2v) is 11.6. The van der Waals surface area contributed by atoms with Gasteiger partial charge in [-0.2, -0.15) is 0 Å². The minimum Gasteiger partial charge on any atom is -0.508 e. The molecule has 1 aromatic rings. The molecule has 0 unspecified atom stereocenters. The molecule has 1 fully saturated rings. The second kappa shape index (κ2) is 12.3. The molecular formula is C30H40N4O9. The van der Waals surface area contributed by atoms with Gasteiger partial charge in [-0.05, 0) is 45.8 Å². The molecule has 0 spiro atoms. The zero-order chi connectivity index (χ0) is 31.8. The summed E-state index contributed by atoms with van der Waals surface area (Å²) in [6.45, 7) is 2.73. The first kappa shape index (κ1) is 32.0. The van der Waals surface area contributed by atoms with Gasteiger partial charge in [0.25, 0.3) is 5.91 Å². The largest absolute Gasteiger partial charge is 0.508 e. The van der Waals surface area contributed by atoms with Gasteiger partial charge < -0.3 is 41.5 Å². The number of aliphatic hydroxyl groups is 3. The van der Waals surface area contributed by atoms with Gasteiger partial charge in [-0.1, -0.05) is 26.2 Å². The highest BCUT2D eigenvalue weighted by Gasteiger charge is 2.64. The average Bonchev–Trinajstić information content (AvgIpc) is 2.93. The number of carbonyl (C=O) groups excluding carboxylic acids is 4. The van der Waals surface area contributed by atoms with Crippen LogP contribution in [0.2, 0.25) is 0 Å². The summed E-state index contributed by atoms with van der Waals surface area (Å²) in [5, 5.41) is 51.0. The van der Waals surface area contributed by atoms with Gasteiger partial charge in [-0.15, -0.1) is 0 Å². The van der Waals surface area contributed by atoms with Crippen LogP contribution in [0.3, 0.4) is 0 Å². The molecule has 0 bridgehead atoms. The molecule has 0 saturated heterocycles. The van der Waals surface area contributed by atoms with Crippen molar-refractivity contribution in [3.05, 3.63) is 34.1 Å². The number of methoxy groups -OCH3 is 1. The maximum Gasteiger partial charge on any atom is 0.255 e. The van der Waals surface area contributed by atoms with Gasteiger partial charge in [0.1, 0.15) is 22.8 Å². The highest BCUT2D eigenvalue weighted by molar-refractivity contribution is 6.24. The number of nitrogens with two attached hydrogens (primary N) is 1. The Morgan fingerprint density at radius 3 is 2.47 bits per heavy atom. The Hall–Kier alpha value is -3.94. The van der Waals surface area contributed by atoms with Gasteiger partial charge in [0.05, 0.1) is 30.9 Å². The number of likely N-dealkylation sites (N-methyl/N-ethyl adjacent to an activating group) is 1. The van der Waals surface area contributed by atoms with Crippen LogP contribution >= 0.6 is 0 Å². The van der Waals surface area contributed by atoms with E-state index in [9.17, 15) is 39.6 Å². The molecule has 0 radical (unpaired) electrons. The van der Waals surface area contributed by atoms with Crippen molar-refractivity contribution in [1.29, 1.82) is 0 Å². The summed E-state index contributed by atoms with van der Waals surface area (Å²) in [6.07, 6.45) is 4.18. The molecule has 8 N–H and O–H groups in total. The van der Waals surface area contributed by atoms with E-state index in [1.807, 2.05) is 0 Å². The van der Waals surface area contributed by atoms with E-state index in [1.165, 1.54) is 32.2 Å². The van der Waals surface area contributed by atoms with Crippen LogP contribution in [-0.4, -0.2) is 94.6 Å². The molecule has 0 aromatic heterocycles. The van der Waals surface area contributed by atoms with Crippen molar-refractivity contribution in [2.24, 2.45) is 17.6 Å². The molecule has 43 heavy (non-hydrogen) atoms. The summed E-state index contributed by atoms with van der Waals surface area (Å²) < 4.78 is 5.53. The maximum absolute atomic E-state index is 14.0. The summed E-state index contributed by atoms with van der Waals surface area (Å²) in [7, 11) is 4.45. The number of amides is 2. The van der Waals surface area contributed by atoms with Crippen LogP contribution in [0.15, 0.2) is 23.0 Å². The molecule has 13 nitrogen and oxygen atoms in total.